The van der Waals surface area contributed by atoms with Crippen LogP contribution in [0.3, 0.4) is 0 Å². The molecule has 19 heavy (non-hydrogen) atoms. The summed E-state index contributed by atoms with van der Waals surface area (Å²) in [6.45, 7) is 3.01. The van der Waals surface area contributed by atoms with Gasteiger partial charge in [-0.15, -0.1) is 0 Å². The molecule has 0 amide bonds. The maximum absolute atomic E-state index is 5.81. The van der Waals surface area contributed by atoms with Crippen LogP contribution in [-0.2, 0) is 0 Å². The predicted octanol–water partition coefficient (Wildman–Crippen LogP) is 4.00. The third kappa shape index (κ3) is 4.25. The first-order valence-corrected chi connectivity index (χ1v) is 7.08. The average Bonchev–Trinajstić information content (AvgIpc) is 2.46. The van der Waals surface area contributed by atoms with Crippen molar-refractivity contribution in [1.29, 1.82) is 0 Å². The molecule has 0 heterocycles. The minimum atomic E-state index is 0.598. The monoisotopic (exact) mass is 257 g/mol. The molecule has 0 aromatic heterocycles. The summed E-state index contributed by atoms with van der Waals surface area (Å²) in [4.78, 5) is 0. The van der Waals surface area contributed by atoms with Crippen molar-refractivity contribution < 1.29 is 4.74 Å². The third-order valence-corrected chi connectivity index (χ3v) is 3.51. The Morgan fingerprint density at radius 1 is 1.05 bits per heavy atom. The zero-order chi connectivity index (χ0) is 13.5. The second-order valence-electron chi connectivity index (χ2n) is 5.04. The van der Waals surface area contributed by atoms with Crippen LogP contribution in [0.25, 0.3) is 10.8 Å². The third-order valence-electron chi connectivity index (χ3n) is 3.51. The van der Waals surface area contributed by atoms with E-state index in [0.29, 0.717) is 6.04 Å². The van der Waals surface area contributed by atoms with E-state index in [0.717, 1.165) is 18.8 Å². The molecule has 1 N–H and O–H groups in total. The lowest BCUT2D eigenvalue weighted by molar-refractivity contribution is 0.302. The van der Waals surface area contributed by atoms with E-state index in [2.05, 4.69) is 54.7 Å². The number of benzene rings is 2. The lowest BCUT2D eigenvalue weighted by atomic mass is 10.1. The van der Waals surface area contributed by atoms with Crippen LogP contribution < -0.4 is 10.1 Å². The summed E-state index contributed by atoms with van der Waals surface area (Å²) in [5.41, 5.74) is 0. The molecule has 0 saturated carbocycles. The molecule has 2 rings (SSSR count). The maximum atomic E-state index is 5.81. The Morgan fingerprint density at radius 2 is 1.84 bits per heavy atom. The molecule has 2 aromatic rings. The molecule has 102 valence electrons. The van der Waals surface area contributed by atoms with Crippen LogP contribution in [0.5, 0.6) is 5.75 Å². The molecule has 2 nitrogen and oxygen atoms in total. The quantitative estimate of drug-likeness (QED) is 0.757. The standard InChI is InChI=1S/C17H23NO/c1-14(18-2)7-5-6-12-19-17-11-10-15-8-3-4-9-16(15)13-17/h3-4,8-11,13-14,18H,5-7,12H2,1-2H3. The number of hydrogen-bond donors (Lipinski definition) is 1. The van der Waals surface area contributed by atoms with Crippen molar-refractivity contribution in [1.82, 2.24) is 5.32 Å². The van der Waals surface area contributed by atoms with Crippen LogP contribution in [0.1, 0.15) is 26.2 Å². The van der Waals surface area contributed by atoms with Gasteiger partial charge < -0.3 is 10.1 Å². The Bertz CT molecular complexity index is 509. The van der Waals surface area contributed by atoms with Crippen LogP contribution in [0, 0.1) is 0 Å². The highest BCUT2D eigenvalue weighted by molar-refractivity contribution is 5.83. The van der Waals surface area contributed by atoms with Gasteiger partial charge in [0.15, 0.2) is 0 Å². The number of rotatable bonds is 7. The highest BCUT2D eigenvalue weighted by atomic mass is 16.5. The smallest absolute Gasteiger partial charge is 0.119 e. The minimum absolute atomic E-state index is 0.598. The molecule has 0 aliphatic carbocycles. The molecule has 0 radical (unpaired) electrons. The normalized spacial score (nSPS) is 12.5. The maximum Gasteiger partial charge on any atom is 0.119 e. The summed E-state index contributed by atoms with van der Waals surface area (Å²) >= 11 is 0. The molecule has 0 saturated heterocycles. The lowest BCUT2D eigenvalue weighted by Crippen LogP contribution is -2.20. The fourth-order valence-corrected chi connectivity index (χ4v) is 2.14. The number of nitrogens with one attached hydrogen (secondary N) is 1. The number of ether oxygens (including phenoxy) is 1. The molecule has 0 bridgehead atoms. The molecule has 0 fully saturated rings. The van der Waals surface area contributed by atoms with Gasteiger partial charge >= 0.3 is 0 Å². The summed E-state index contributed by atoms with van der Waals surface area (Å²) in [6, 6.07) is 15.3. The number of hydrogen-bond acceptors (Lipinski definition) is 2. The van der Waals surface area contributed by atoms with Crippen LogP contribution >= 0.6 is 0 Å². The second-order valence-corrected chi connectivity index (χ2v) is 5.04. The van der Waals surface area contributed by atoms with Gasteiger partial charge in [0.05, 0.1) is 6.61 Å². The van der Waals surface area contributed by atoms with E-state index < -0.39 is 0 Å². The van der Waals surface area contributed by atoms with Gasteiger partial charge in [0.2, 0.25) is 0 Å². The Balaban J connectivity index is 1.78. The highest BCUT2D eigenvalue weighted by Crippen LogP contribution is 2.20. The summed E-state index contributed by atoms with van der Waals surface area (Å²) in [6.07, 6.45) is 3.52. The molecule has 0 spiro atoms. The first-order chi connectivity index (χ1) is 9.29. The van der Waals surface area contributed by atoms with Crippen LogP contribution in [0.15, 0.2) is 42.5 Å². The molecule has 0 aliphatic rings. The largest absolute Gasteiger partial charge is 0.494 e. The van der Waals surface area contributed by atoms with E-state index in [1.54, 1.807) is 0 Å². The average molecular weight is 257 g/mol. The van der Waals surface area contributed by atoms with Crippen molar-refractivity contribution in [2.45, 2.75) is 32.2 Å². The molecular formula is C17H23NO. The predicted molar refractivity (Wildman–Crippen MR) is 81.8 cm³/mol. The Morgan fingerprint density at radius 3 is 2.63 bits per heavy atom. The topological polar surface area (TPSA) is 21.3 Å². The van der Waals surface area contributed by atoms with Crippen molar-refractivity contribution in [2.24, 2.45) is 0 Å². The van der Waals surface area contributed by atoms with Crippen molar-refractivity contribution >= 4 is 10.8 Å². The van der Waals surface area contributed by atoms with E-state index in [9.17, 15) is 0 Å². The van der Waals surface area contributed by atoms with Gasteiger partial charge in [0.1, 0.15) is 5.75 Å². The van der Waals surface area contributed by atoms with E-state index in [1.165, 1.54) is 23.6 Å². The zero-order valence-corrected chi connectivity index (χ0v) is 11.9. The van der Waals surface area contributed by atoms with Gasteiger partial charge in [0.25, 0.3) is 0 Å². The van der Waals surface area contributed by atoms with Crippen molar-refractivity contribution in [3.8, 4) is 5.75 Å². The molecule has 2 aromatic carbocycles. The SMILES string of the molecule is CNC(C)CCCCOc1ccc2ccccc2c1. The van der Waals surface area contributed by atoms with Gasteiger partial charge in [-0.25, -0.2) is 0 Å². The van der Waals surface area contributed by atoms with Gasteiger partial charge in [0, 0.05) is 6.04 Å². The first kappa shape index (κ1) is 13.9. The number of fused-ring (bicyclic) bond motifs is 1. The molecule has 0 aliphatic heterocycles. The zero-order valence-electron chi connectivity index (χ0n) is 11.9. The molecule has 2 heteroatoms. The Labute approximate surface area is 115 Å². The van der Waals surface area contributed by atoms with Gasteiger partial charge in [-0.05, 0) is 56.1 Å². The summed E-state index contributed by atoms with van der Waals surface area (Å²) in [5.74, 6) is 0.973. The van der Waals surface area contributed by atoms with E-state index >= 15 is 0 Å². The fraction of sp³-hybridized carbons (Fsp3) is 0.412. The van der Waals surface area contributed by atoms with Crippen LogP contribution in [0.4, 0.5) is 0 Å². The van der Waals surface area contributed by atoms with Crippen LogP contribution in [0.2, 0.25) is 0 Å². The lowest BCUT2D eigenvalue weighted by Gasteiger charge is -2.10. The van der Waals surface area contributed by atoms with Crippen molar-refractivity contribution in [3.05, 3.63) is 42.5 Å². The molecular weight excluding hydrogens is 234 g/mol. The van der Waals surface area contributed by atoms with Crippen molar-refractivity contribution in [2.75, 3.05) is 13.7 Å². The summed E-state index contributed by atoms with van der Waals surface area (Å²) in [7, 11) is 2.01. The van der Waals surface area contributed by atoms with E-state index in [4.69, 9.17) is 4.74 Å². The van der Waals surface area contributed by atoms with Gasteiger partial charge in [-0.2, -0.15) is 0 Å². The Kier molecular flexibility index (Phi) is 5.22. The second kappa shape index (κ2) is 7.15. The van der Waals surface area contributed by atoms with E-state index in [1.807, 2.05) is 7.05 Å². The molecule has 1 atom stereocenters. The van der Waals surface area contributed by atoms with Gasteiger partial charge in [-0.3, -0.25) is 0 Å². The minimum Gasteiger partial charge on any atom is -0.494 e. The first-order valence-electron chi connectivity index (χ1n) is 7.08. The van der Waals surface area contributed by atoms with E-state index in [-0.39, 0.29) is 0 Å². The van der Waals surface area contributed by atoms with Crippen molar-refractivity contribution in [3.63, 3.8) is 0 Å². The fourth-order valence-electron chi connectivity index (χ4n) is 2.14. The highest BCUT2D eigenvalue weighted by Gasteiger charge is 1.99. The number of unbranched alkanes of at least 4 members (excludes halogenated alkanes) is 1. The molecule has 1 unspecified atom stereocenters. The summed E-state index contributed by atoms with van der Waals surface area (Å²) in [5, 5.41) is 5.75. The van der Waals surface area contributed by atoms with Crippen LogP contribution in [-0.4, -0.2) is 19.7 Å². The van der Waals surface area contributed by atoms with Gasteiger partial charge in [-0.1, -0.05) is 30.3 Å². The Hall–Kier alpha value is -1.54. The summed E-state index contributed by atoms with van der Waals surface area (Å²) < 4.78 is 5.81.